The minimum Gasteiger partial charge on any atom is -0.292 e. The van der Waals surface area contributed by atoms with Gasteiger partial charge in [-0.2, -0.15) is 0 Å². The summed E-state index contributed by atoms with van der Waals surface area (Å²) in [6, 6.07) is 0. The Morgan fingerprint density at radius 1 is 1.54 bits per heavy atom. The van der Waals surface area contributed by atoms with Gasteiger partial charge in [0.25, 0.3) is 0 Å². The molecule has 70 valence electrons. The molecule has 0 aliphatic heterocycles. The van der Waals surface area contributed by atoms with Crippen LogP contribution in [0.25, 0.3) is 0 Å². The van der Waals surface area contributed by atoms with Crippen molar-refractivity contribution in [1.29, 1.82) is 0 Å². The van der Waals surface area contributed by atoms with Crippen molar-refractivity contribution in [3.05, 3.63) is 24.3 Å². The molecule has 3 heteroatoms. The fourth-order valence-electron chi connectivity index (χ4n) is 1.01. The number of carbonyl (C=O) groups is 1. The normalized spacial score (nSPS) is 12.5. The lowest BCUT2D eigenvalue weighted by molar-refractivity contribution is 0.0958. The number of Topliss-reactive ketones (excluding diaryl/α,β-unsaturated/α-hetero) is 1. The second kappa shape index (κ2) is 4.70. The number of aromatic nitrogens is 2. The molecule has 13 heavy (non-hydrogen) atoms. The van der Waals surface area contributed by atoms with Gasteiger partial charge in [-0.05, 0) is 5.92 Å². The summed E-state index contributed by atoms with van der Waals surface area (Å²) in [5.74, 6) is 0.511. The first-order valence-corrected chi connectivity index (χ1v) is 4.53. The second-order valence-electron chi connectivity index (χ2n) is 3.23. The summed E-state index contributed by atoms with van der Waals surface area (Å²) < 4.78 is 0. The topological polar surface area (TPSA) is 42.9 Å². The van der Waals surface area contributed by atoms with Crippen LogP contribution >= 0.6 is 0 Å². The van der Waals surface area contributed by atoms with E-state index in [9.17, 15) is 4.79 Å². The molecule has 0 fully saturated rings. The van der Waals surface area contributed by atoms with Crippen molar-refractivity contribution in [3.8, 4) is 0 Å². The molecule has 0 radical (unpaired) electrons. The van der Waals surface area contributed by atoms with Gasteiger partial charge in [-0.15, -0.1) is 0 Å². The van der Waals surface area contributed by atoms with Gasteiger partial charge in [0, 0.05) is 18.8 Å². The maximum atomic E-state index is 11.5. The van der Waals surface area contributed by atoms with E-state index >= 15 is 0 Å². The molecule has 3 nitrogen and oxygen atoms in total. The van der Waals surface area contributed by atoms with Crippen LogP contribution in [0.3, 0.4) is 0 Å². The SMILES string of the molecule is CCC(C)CC(=O)c1cnccn1. The van der Waals surface area contributed by atoms with Gasteiger partial charge in [-0.3, -0.25) is 9.78 Å². The molecule has 0 aliphatic rings. The highest BCUT2D eigenvalue weighted by Gasteiger charge is 2.10. The standard InChI is InChI=1S/C10H14N2O/c1-3-8(2)6-10(13)9-7-11-4-5-12-9/h4-5,7-8H,3,6H2,1-2H3. The molecule has 0 bridgehead atoms. The van der Waals surface area contributed by atoms with Crippen LogP contribution < -0.4 is 0 Å². The summed E-state index contributed by atoms with van der Waals surface area (Å²) in [5.41, 5.74) is 0.475. The molecule has 0 aromatic carbocycles. The first-order valence-electron chi connectivity index (χ1n) is 4.53. The molecule has 0 N–H and O–H groups in total. The molecule has 1 aromatic heterocycles. The maximum absolute atomic E-state index is 11.5. The summed E-state index contributed by atoms with van der Waals surface area (Å²) in [7, 11) is 0. The third kappa shape index (κ3) is 2.93. The van der Waals surface area contributed by atoms with E-state index in [0.717, 1.165) is 6.42 Å². The highest BCUT2D eigenvalue weighted by atomic mass is 16.1. The van der Waals surface area contributed by atoms with Crippen LogP contribution in [-0.2, 0) is 0 Å². The quantitative estimate of drug-likeness (QED) is 0.663. The van der Waals surface area contributed by atoms with Crippen molar-refractivity contribution in [2.75, 3.05) is 0 Å². The number of carbonyl (C=O) groups excluding carboxylic acids is 1. The molecule has 1 atom stereocenters. The van der Waals surface area contributed by atoms with Crippen LogP contribution in [0.4, 0.5) is 0 Å². The molecule has 1 unspecified atom stereocenters. The molecule has 1 aromatic rings. The van der Waals surface area contributed by atoms with Crippen LogP contribution in [0.2, 0.25) is 0 Å². The zero-order chi connectivity index (χ0) is 9.68. The van der Waals surface area contributed by atoms with Crippen LogP contribution in [0.15, 0.2) is 18.6 Å². The Bertz CT molecular complexity index is 272. The Morgan fingerprint density at radius 2 is 2.31 bits per heavy atom. The summed E-state index contributed by atoms with van der Waals surface area (Å²) in [5, 5.41) is 0. The van der Waals surface area contributed by atoms with Crippen LogP contribution in [0.1, 0.15) is 37.2 Å². The fourth-order valence-corrected chi connectivity index (χ4v) is 1.01. The number of hydrogen-bond donors (Lipinski definition) is 0. The average Bonchev–Trinajstić information content (AvgIpc) is 2.19. The van der Waals surface area contributed by atoms with E-state index in [0.29, 0.717) is 18.0 Å². The zero-order valence-corrected chi connectivity index (χ0v) is 8.03. The van der Waals surface area contributed by atoms with Gasteiger partial charge in [0.05, 0.1) is 6.20 Å². The van der Waals surface area contributed by atoms with Crippen LogP contribution in [0, 0.1) is 5.92 Å². The monoisotopic (exact) mass is 178 g/mol. The summed E-state index contributed by atoms with van der Waals surface area (Å²) in [4.78, 5) is 19.3. The van der Waals surface area contributed by atoms with Crippen molar-refractivity contribution in [3.63, 3.8) is 0 Å². The number of rotatable bonds is 4. The van der Waals surface area contributed by atoms with E-state index in [1.54, 1.807) is 12.4 Å². The van der Waals surface area contributed by atoms with Gasteiger partial charge < -0.3 is 0 Å². The molecule has 0 amide bonds. The Hall–Kier alpha value is -1.25. The van der Waals surface area contributed by atoms with Crippen LogP contribution in [-0.4, -0.2) is 15.8 Å². The predicted molar refractivity (Wildman–Crippen MR) is 50.4 cm³/mol. The molecular weight excluding hydrogens is 164 g/mol. The molecule has 0 saturated carbocycles. The number of hydrogen-bond acceptors (Lipinski definition) is 3. The fraction of sp³-hybridized carbons (Fsp3) is 0.500. The Morgan fingerprint density at radius 3 is 2.85 bits per heavy atom. The Kier molecular flexibility index (Phi) is 3.55. The van der Waals surface area contributed by atoms with E-state index in [4.69, 9.17) is 0 Å². The van der Waals surface area contributed by atoms with E-state index in [1.165, 1.54) is 6.20 Å². The zero-order valence-electron chi connectivity index (χ0n) is 8.03. The van der Waals surface area contributed by atoms with Crippen molar-refractivity contribution in [1.82, 2.24) is 9.97 Å². The molecular formula is C10H14N2O. The highest BCUT2D eigenvalue weighted by Crippen LogP contribution is 2.09. The second-order valence-corrected chi connectivity index (χ2v) is 3.23. The van der Waals surface area contributed by atoms with E-state index < -0.39 is 0 Å². The lowest BCUT2D eigenvalue weighted by Gasteiger charge is -2.05. The Labute approximate surface area is 78.2 Å². The number of nitrogens with zero attached hydrogens (tertiary/aromatic N) is 2. The van der Waals surface area contributed by atoms with E-state index in [1.807, 2.05) is 0 Å². The summed E-state index contributed by atoms with van der Waals surface area (Å²) in [6.07, 6.45) is 6.22. The molecule has 0 aliphatic carbocycles. The minimum atomic E-state index is 0.0856. The first-order chi connectivity index (χ1) is 6.24. The van der Waals surface area contributed by atoms with Crippen molar-refractivity contribution < 1.29 is 4.79 Å². The minimum absolute atomic E-state index is 0.0856. The average molecular weight is 178 g/mol. The van der Waals surface area contributed by atoms with Crippen LogP contribution in [0.5, 0.6) is 0 Å². The summed E-state index contributed by atoms with van der Waals surface area (Å²) >= 11 is 0. The molecule has 0 saturated heterocycles. The van der Waals surface area contributed by atoms with Crippen molar-refractivity contribution in [2.45, 2.75) is 26.7 Å². The molecule has 1 heterocycles. The Balaban J connectivity index is 2.59. The highest BCUT2D eigenvalue weighted by molar-refractivity contribution is 5.93. The van der Waals surface area contributed by atoms with Gasteiger partial charge >= 0.3 is 0 Å². The summed E-state index contributed by atoms with van der Waals surface area (Å²) in [6.45, 7) is 4.14. The third-order valence-corrected chi connectivity index (χ3v) is 2.08. The number of ketones is 1. The van der Waals surface area contributed by atoms with E-state index in [-0.39, 0.29) is 5.78 Å². The van der Waals surface area contributed by atoms with E-state index in [2.05, 4.69) is 23.8 Å². The lowest BCUT2D eigenvalue weighted by Crippen LogP contribution is -2.07. The smallest absolute Gasteiger partial charge is 0.183 e. The lowest BCUT2D eigenvalue weighted by atomic mass is 10.0. The van der Waals surface area contributed by atoms with Crippen molar-refractivity contribution >= 4 is 5.78 Å². The van der Waals surface area contributed by atoms with Gasteiger partial charge in [-0.1, -0.05) is 20.3 Å². The third-order valence-electron chi connectivity index (χ3n) is 2.08. The molecule has 1 rings (SSSR count). The maximum Gasteiger partial charge on any atom is 0.183 e. The largest absolute Gasteiger partial charge is 0.292 e. The predicted octanol–water partition coefficient (Wildman–Crippen LogP) is 2.10. The molecule has 0 spiro atoms. The van der Waals surface area contributed by atoms with Crippen molar-refractivity contribution in [2.24, 2.45) is 5.92 Å². The van der Waals surface area contributed by atoms with Gasteiger partial charge in [-0.25, -0.2) is 4.98 Å². The van der Waals surface area contributed by atoms with Gasteiger partial charge in [0.2, 0.25) is 0 Å². The van der Waals surface area contributed by atoms with Gasteiger partial charge in [0.1, 0.15) is 5.69 Å². The van der Waals surface area contributed by atoms with Gasteiger partial charge in [0.15, 0.2) is 5.78 Å². The first kappa shape index (κ1) is 9.84.